The van der Waals surface area contributed by atoms with E-state index in [9.17, 15) is 28.8 Å². The van der Waals surface area contributed by atoms with Crippen LogP contribution in [0.4, 0.5) is 0 Å². The van der Waals surface area contributed by atoms with Crippen molar-refractivity contribution in [1.82, 2.24) is 29.8 Å². The number of fused-ring (bicyclic) bond motifs is 2. The van der Waals surface area contributed by atoms with E-state index >= 15 is 0 Å². The van der Waals surface area contributed by atoms with Gasteiger partial charge in [-0.05, 0) is 55.5 Å². The van der Waals surface area contributed by atoms with Gasteiger partial charge in [0.05, 0.1) is 30.6 Å². The van der Waals surface area contributed by atoms with Crippen molar-refractivity contribution in [1.29, 1.82) is 0 Å². The molecule has 3 aromatic heterocycles. The van der Waals surface area contributed by atoms with E-state index in [4.69, 9.17) is 18.6 Å². The standard InChI is InChI=1S/C44H46N6O10/c51-31(27-60-37-12-5-10-33-40(37)44(56)50(43(33)55)35-18-20-39(53)47-42(35)54)8-6-22-58-25-24-57-21-4-2-1-3-11-36(52)30-15-13-29(14-16-30)34-26-45-38(49-28-46-48-41(34)49)19-17-32-9-7-23-59-32/h5,7,9-10,12-16,23,26,28,35H,1-4,6,8,11,17-22,24-25,27H2,(H,47,53,54). The second-order valence-corrected chi connectivity index (χ2v) is 14.6. The second-order valence-electron chi connectivity index (χ2n) is 14.6. The number of piperidine rings is 1. The summed E-state index contributed by atoms with van der Waals surface area (Å²) in [6, 6.07) is 14.8. The fourth-order valence-electron chi connectivity index (χ4n) is 7.30. The molecule has 1 unspecified atom stereocenters. The van der Waals surface area contributed by atoms with Gasteiger partial charge in [-0.2, -0.15) is 0 Å². The number of furan rings is 1. The highest BCUT2D eigenvalue weighted by molar-refractivity contribution is 6.24. The van der Waals surface area contributed by atoms with Crippen LogP contribution < -0.4 is 10.1 Å². The number of amides is 4. The van der Waals surface area contributed by atoms with Crippen LogP contribution in [0, 0.1) is 0 Å². The van der Waals surface area contributed by atoms with Crippen LogP contribution in [0.3, 0.4) is 0 Å². The van der Waals surface area contributed by atoms with Gasteiger partial charge in [0.1, 0.15) is 36.3 Å². The molecule has 1 atom stereocenters. The lowest BCUT2D eigenvalue weighted by Crippen LogP contribution is -2.54. The highest BCUT2D eigenvalue weighted by atomic mass is 16.5. The number of unbranched alkanes of at least 4 members (excludes halogenated alkanes) is 3. The molecule has 1 N–H and O–H groups in total. The van der Waals surface area contributed by atoms with Crippen LogP contribution in [0.2, 0.25) is 0 Å². The van der Waals surface area contributed by atoms with Gasteiger partial charge in [0.2, 0.25) is 11.8 Å². The lowest BCUT2D eigenvalue weighted by Gasteiger charge is -2.27. The molecular formula is C44H46N6O10. The fraction of sp³-hybridized carbons (Fsp3) is 0.386. The Labute approximate surface area is 345 Å². The van der Waals surface area contributed by atoms with Crippen LogP contribution in [0.1, 0.15) is 100 Å². The molecule has 0 saturated carbocycles. The Balaban J connectivity index is 0.714. The molecular weight excluding hydrogens is 773 g/mol. The van der Waals surface area contributed by atoms with Gasteiger partial charge >= 0.3 is 0 Å². The van der Waals surface area contributed by atoms with E-state index in [2.05, 4.69) is 20.5 Å². The highest BCUT2D eigenvalue weighted by Gasteiger charge is 2.46. The summed E-state index contributed by atoms with van der Waals surface area (Å²) in [6.45, 7) is 1.49. The number of hydrogen-bond donors (Lipinski definition) is 1. The largest absolute Gasteiger partial charge is 0.485 e. The summed E-state index contributed by atoms with van der Waals surface area (Å²) in [7, 11) is 0. The third-order valence-corrected chi connectivity index (χ3v) is 10.5. The first-order valence-electron chi connectivity index (χ1n) is 20.3. The normalized spacial score (nSPS) is 15.1. The lowest BCUT2D eigenvalue weighted by atomic mass is 10.0. The molecule has 2 aliphatic heterocycles. The summed E-state index contributed by atoms with van der Waals surface area (Å²) in [5, 5.41) is 10.6. The van der Waals surface area contributed by atoms with Crippen molar-refractivity contribution in [3.05, 3.63) is 102 Å². The number of aryl methyl sites for hydroxylation is 2. The van der Waals surface area contributed by atoms with Gasteiger partial charge in [0.15, 0.2) is 17.2 Å². The van der Waals surface area contributed by atoms with Crippen molar-refractivity contribution in [3.8, 4) is 16.9 Å². The van der Waals surface area contributed by atoms with Crippen LogP contribution in [-0.4, -0.2) is 98.8 Å². The number of Topliss-reactive ketones (excluding diaryl/α,β-unsaturated/α-hetero) is 2. The molecule has 0 radical (unpaired) electrons. The number of ketones is 2. The Morgan fingerprint density at radius 2 is 1.62 bits per heavy atom. The molecule has 4 amide bonds. The molecule has 0 bridgehead atoms. The van der Waals surface area contributed by atoms with Crippen molar-refractivity contribution in [3.63, 3.8) is 0 Å². The van der Waals surface area contributed by atoms with E-state index in [1.807, 2.05) is 40.8 Å². The molecule has 16 nitrogen and oxygen atoms in total. The summed E-state index contributed by atoms with van der Waals surface area (Å²) in [5.74, 6) is -0.764. The summed E-state index contributed by atoms with van der Waals surface area (Å²) >= 11 is 0. The molecule has 0 spiro atoms. The van der Waals surface area contributed by atoms with Gasteiger partial charge in [-0.15, -0.1) is 10.2 Å². The van der Waals surface area contributed by atoms with Crippen molar-refractivity contribution >= 4 is 40.8 Å². The van der Waals surface area contributed by atoms with E-state index in [0.717, 1.165) is 59.7 Å². The van der Waals surface area contributed by atoms with E-state index in [1.165, 1.54) is 12.1 Å². The average molecular weight is 819 g/mol. The molecule has 312 valence electrons. The quantitative estimate of drug-likeness (QED) is 0.0515. The Bertz CT molecular complexity index is 2340. The third-order valence-electron chi connectivity index (χ3n) is 10.5. The van der Waals surface area contributed by atoms with Crippen molar-refractivity contribution < 1.29 is 47.4 Å². The first-order chi connectivity index (χ1) is 29.3. The Kier molecular flexibility index (Phi) is 14.0. The molecule has 2 aliphatic rings. The number of hydrogen-bond acceptors (Lipinski definition) is 13. The number of benzene rings is 2. The van der Waals surface area contributed by atoms with Gasteiger partial charge in [-0.25, -0.2) is 4.98 Å². The molecule has 60 heavy (non-hydrogen) atoms. The molecule has 5 heterocycles. The number of rotatable bonds is 23. The molecule has 16 heteroatoms. The average Bonchev–Trinajstić information content (AvgIpc) is 4.02. The van der Waals surface area contributed by atoms with Crippen LogP contribution >= 0.6 is 0 Å². The van der Waals surface area contributed by atoms with Crippen LogP contribution in [0.25, 0.3) is 16.8 Å². The molecule has 5 aromatic rings. The summed E-state index contributed by atoms with van der Waals surface area (Å²) < 4.78 is 24.3. The van der Waals surface area contributed by atoms with Gasteiger partial charge < -0.3 is 18.6 Å². The SMILES string of the molecule is O=C(CCCOCCOCCCCCCC(=O)c1ccc(-c2cnc(CCc3ccco3)n3cnnc23)cc1)COc1cccc2c1C(=O)N(C1CCC(=O)NC1=O)C2=O. The second kappa shape index (κ2) is 20.0. The highest BCUT2D eigenvalue weighted by Crippen LogP contribution is 2.34. The van der Waals surface area contributed by atoms with Crippen LogP contribution in [0.15, 0.2) is 77.8 Å². The topological polar surface area (TPSA) is 202 Å². The minimum Gasteiger partial charge on any atom is -0.485 e. The van der Waals surface area contributed by atoms with E-state index in [1.54, 1.807) is 24.9 Å². The van der Waals surface area contributed by atoms with E-state index < -0.39 is 29.7 Å². The number of nitrogens with zero attached hydrogens (tertiary/aromatic N) is 5. The first-order valence-corrected chi connectivity index (χ1v) is 20.3. The summed E-state index contributed by atoms with van der Waals surface area (Å²) in [5.41, 5.74) is 3.23. The minimum atomic E-state index is -1.09. The fourth-order valence-corrected chi connectivity index (χ4v) is 7.30. The maximum absolute atomic E-state index is 13.2. The zero-order chi connectivity index (χ0) is 41.8. The van der Waals surface area contributed by atoms with Gasteiger partial charge in [-0.1, -0.05) is 43.2 Å². The van der Waals surface area contributed by atoms with Gasteiger partial charge in [0, 0.05) is 62.6 Å². The Hall–Kier alpha value is -6.39. The predicted molar refractivity (Wildman–Crippen MR) is 214 cm³/mol. The minimum absolute atomic E-state index is 0.00152. The number of carbonyl (C=O) groups excluding carboxylic acids is 6. The first kappa shape index (κ1) is 41.8. The third kappa shape index (κ3) is 10.1. The van der Waals surface area contributed by atoms with Gasteiger partial charge in [-0.3, -0.25) is 43.4 Å². The Morgan fingerprint density at radius 3 is 2.40 bits per heavy atom. The zero-order valence-electron chi connectivity index (χ0n) is 33.1. The molecule has 0 aliphatic carbocycles. The van der Waals surface area contributed by atoms with Crippen molar-refractivity contribution in [2.45, 2.75) is 76.7 Å². The Morgan fingerprint density at radius 1 is 0.817 bits per heavy atom. The predicted octanol–water partition coefficient (Wildman–Crippen LogP) is 5.17. The number of nitrogens with one attached hydrogen (secondary N) is 1. The maximum Gasteiger partial charge on any atom is 0.266 e. The molecule has 2 aromatic carbocycles. The van der Waals surface area contributed by atoms with E-state index in [0.29, 0.717) is 56.9 Å². The number of imide groups is 2. The summed E-state index contributed by atoms with van der Waals surface area (Å²) in [6.07, 6.45) is 11.3. The van der Waals surface area contributed by atoms with Gasteiger partial charge in [0.25, 0.3) is 11.8 Å². The number of aromatic nitrogens is 4. The molecule has 1 fully saturated rings. The lowest BCUT2D eigenvalue weighted by molar-refractivity contribution is -0.136. The number of carbonyl (C=O) groups is 6. The van der Waals surface area contributed by atoms with Crippen molar-refractivity contribution in [2.75, 3.05) is 33.0 Å². The smallest absolute Gasteiger partial charge is 0.266 e. The van der Waals surface area contributed by atoms with Crippen LogP contribution in [-0.2, 0) is 36.7 Å². The number of ether oxygens (including phenoxy) is 3. The van der Waals surface area contributed by atoms with Crippen molar-refractivity contribution in [2.24, 2.45) is 0 Å². The van der Waals surface area contributed by atoms with E-state index in [-0.39, 0.29) is 54.3 Å². The molecule has 1 saturated heterocycles. The monoisotopic (exact) mass is 818 g/mol. The maximum atomic E-state index is 13.2. The zero-order valence-corrected chi connectivity index (χ0v) is 33.1. The summed E-state index contributed by atoms with van der Waals surface area (Å²) in [4.78, 5) is 81.0. The van der Waals surface area contributed by atoms with Crippen LogP contribution in [0.5, 0.6) is 5.75 Å². The molecule has 7 rings (SSSR count).